The highest BCUT2D eigenvalue weighted by molar-refractivity contribution is 5.95. The Bertz CT molecular complexity index is 1040. The van der Waals surface area contributed by atoms with Crippen LogP contribution < -0.4 is 21.5 Å². The number of likely N-dealkylation sites (tertiary alicyclic amines) is 1. The van der Waals surface area contributed by atoms with E-state index in [4.69, 9.17) is 16.2 Å². The predicted octanol–water partition coefficient (Wildman–Crippen LogP) is 5.02. The van der Waals surface area contributed by atoms with Gasteiger partial charge in [-0.25, -0.2) is 4.99 Å². The number of aliphatic imine (C=N–C) groups is 1. The first-order chi connectivity index (χ1) is 15.6. The molecule has 3 aromatic carbocycles. The summed E-state index contributed by atoms with van der Waals surface area (Å²) in [7, 11) is 0. The quantitative estimate of drug-likeness (QED) is 0.278. The van der Waals surface area contributed by atoms with Crippen molar-refractivity contribution in [1.29, 1.82) is 0 Å². The summed E-state index contributed by atoms with van der Waals surface area (Å²) in [6, 6.07) is 21.9. The fourth-order valence-corrected chi connectivity index (χ4v) is 3.99. The Kier molecular flexibility index (Phi) is 6.92. The van der Waals surface area contributed by atoms with Crippen molar-refractivity contribution in [2.75, 3.05) is 37.3 Å². The van der Waals surface area contributed by atoms with Gasteiger partial charge in [0.15, 0.2) is 5.96 Å². The van der Waals surface area contributed by atoms with Crippen LogP contribution in [0.3, 0.4) is 0 Å². The smallest absolute Gasteiger partial charge is 0.198 e. The minimum atomic E-state index is 0. The molecule has 0 bridgehead atoms. The average Bonchev–Trinajstić information content (AvgIpc) is 3.31. The summed E-state index contributed by atoms with van der Waals surface area (Å²) >= 11 is 0. The molecule has 0 unspecified atom stereocenters. The number of nitrogens with two attached hydrogens (primary N) is 2. The van der Waals surface area contributed by atoms with Crippen LogP contribution in [0.1, 0.15) is 19.8 Å². The maximum atomic E-state index is 6.30. The number of aryl methyl sites for hydroxylation is 1. The fraction of sp³-hybridized carbons (Fsp3) is 0.269. The van der Waals surface area contributed by atoms with Crippen LogP contribution in [0.2, 0.25) is 0 Å². The van der Waals surface area contributed by atoms with E-state index in [1.165, 1.54) is 25.9 Å². The molecule has 1 fully saturated rings. The first kappa shape index (κ1) is 21.7. The van der Waals surface area contributed by atoms with Gasteiger partial charge < -0.3 is 21.5 Å². The third kappa shape index (κ3) is 5.59. The van der Waals surface area contributed by atoms with Crippen molar-refractivity contribution in [3.8, 4) is 16.9 Å². The molecular formula is C26H33N5O. The van der Waals surface area contributed by atoms with Gasteiger partial charge in [0.1, 0.15) is 12.4 Å². The fourth-order valence-electron chi connectivity index (χ4n) is 3.99. The number of rotatable bonds is 7. The maximum Gasteiger partial charge on any atom is 0.198 e. The molecule has 168 valence electrons. The van der Waals surface area contributed by atoms with Crippen LogP contribution in [0.4, 0.5) is 17.1 Å². The Morgan fingerprint density at radius 1 is 1.03 bits per heavy atom. The van der Waals surface area contributed by atoms with Crippen LogP contribution >= 0.6 is 0 Å². The maximum absolute atomic E-state index is 6.30. The number of ether oxygens (including phenoxy) is 1. The molecule has 0 aliphatic carbocycles. The zero-order valence-electron chi connectivity index (χ0n) is 18.6. The lowest BCUT2D eigenvalue weighted by Crippen LogP contribution is -2.25. The van der Waals surface area contributed by atoms with Crippen LogP contribution in [-0.2, 0) is 0 Å². The third-order valence-corrected chi connectivity index (χ3v) is 5.67. The molecule has 0 aromatic heterocycles. The number of benzene rings is 3. The number of guanidine groups is 1. The van der Waals surface area contributed by atoms with E-state index >= 15 is 0 Å². The van der Waals surface area contributed by atoms with E-state index in [2.05, 4.69) is 33.4 Å². The monoisotopic (exact) mass is 431 g/mol. The van der Waals surface area contributed by atoms with Crippen molar-refractivity contribution in [1.82, 2.24) is 4.90 Å². The van der Waals surface area contributed by atoms with E-state index in [0.717, 1.165) is 34.7 Å². The normalized spacial score (nSPS) is 14.5. The summed E-state index contributed by atoms with van der Waals surface area (Å²) < 4.78 is 5.86. The Labute approximate surface area is 191 Å². The molecule has 1 aliphatic heterocycles. The summed E-state index contributed by atoms with van der Waals surface area (Å²) in [6.07, 6.45) is 2.59. The van der Waals surface area contributed by atoms with Gasteiger partial charge in [0.25, 0.3) is 0 Å². The number of anilines is 2. The second kappa shape index (κ2) is 10.2. The first-order valence-electron chi connectivity index (χ1n) is 11.1. The molecule has 4 rings (SSSR count). The molecule has 5 N–H and O–H groups in total. The van der Waals surface area contributed by atoms with Crippen LogP contribution in [0.15, 0.2) is 71.7 Å². The van der Waals surface area contributed by atoms with Crippen molar-refractivity contribution < 1.29 is 6.16 Å². The lowest BCUT2D eigenvalue weighted by atomic mass is 10.0. The molecule has 32 heavy (non-hydrogen) atoms. The molecule has 0 radical (unpaired) electrons. The molecule has 3 aromatic rings. The van der Waals surface area contributed by atoms with Crippen molar-refractivity contribution in [3.05, 3.63) is 72.3 Å². The van der Waals surface area contributed by atoms with E-state index in [1.807, 2.05) is 55.5 Å². The van der Waals surface area contributed by atoms with Crippen molar-refractivity contribution in [2.24, 2.45) is 10.7 Å². The number of hydrogen-bond donors (Lipinski definition) is 3. The van der Waals surface area contributed by atoms with Crippen LogP contribution in [0.5, 0.6) is 5.75 Å². The Morgan fingerprint density at radius 2 is 1.75 bits per heavy atom. The molecular weight excluding hydrogens is 398 g/mol. The SMILES string of the molecule is Cc1cc(-c2ccccc2)cc(N)c1N=C(N)Nc1ccc(OCCN2CCCC2)cc1.[HH]. The molecule has 1 heterocycles. The largest absolute Gasteiger partial charge is 0.492 e. The topological polar surface area (TPSA) is 88.9 Å². The minimum Gasteiger partial charge on any atom is -0.492 e. The van der Waals surface area contributed by atoms with Gasteiger partial charge in [0, 0.05) is 13.7 Å². The number of nitrogen functional groups attached to an aromatic ring is 1. The molecule has 0 atom stereocenters. The highest BCUT2D eigenvalue weighted by Crippen LogP contribution is 2.32. The van der Waals surface area contributed by atoms with Crippen LogP contribution in [0, 0.1) is 6.92 Å². The molecule has 6 nitrogen and oxygen atoms in total. The van der Waals surface area contributed by atoms with E-state index in [-0.39, 0.29) is 7.39 Å². The van der Waals surface area contributed by atoms with Gasteiger partial charge in [0.05, 0.1) is 11.4 Å². The van der Waals surface area contributed by atoms with E-state index in [0.29, 0.717) is 18.0 Å². The number of nitrogens with zero attached hydrogens (tertiary/aromatic N) is 2. The van der Waals surface area contributed by atoms with Crippen LogP contribution in [-0.4, -0.2) is 37.1 Å². The van der Waals surface area contributed by atoms with Crippen LogP contribution in [0.25, 0.3) is 11.1 Å². The van der Waals surface area contributed by atoms with E-state index in [9.17, 15) is 0 Å². The third-order valence-electron chi connectivity index (χ3n) is 5.67. The summed E-state index contributed by atoms with van der Waals surface area (Å²) in [6.45, 7) is 6.04. The molecule has 1 aliphatic rings. The molecule has 0 spiro atoms. The molecule has 6 heteroatoms. The highest BCUT2D eigenvalue weighted by atomic mass is 16.5. The van der Waals surface area contributed by atoms with Gasteiger partial charge >= 0.3 is 0 Å². The van der Waals surface area contributed by atoms with E-state index in [1.54, 1.807) is 0 Å². The number of hydrogen-bond acceptors (Lipinski definition) is 4. The summed E-state index contributed by atoms with van der Waals surface area (Å²) in [5, 5.41) is 3.13. The second-order valence-electron chi connectivity index (χ2n) is 8.14. The lowest BCUT2D eigenvalue weighted by Gasteiger charge is -2.15. The van der Waals surface area contributed by atoms with Gasteiger partial charge in [-0.05, 0) is 85.9 Å². The molecule has 0 saturated carbocycles. The number of nitrogens with one attached hydrogen (secondary N) is 1. The zero-order valence-corrected chi connectivity index (χ0v) is 18.6. The van der Waals surface area contributed by atoms with Crippen molar-refractivity contribution >= 4 is 23.0 Å². The van der Waals surface area contributed by atoms with Gasteiger partial charge in [-0.1, -0.05) is 30.3 Å². The summed E-state index contributed by atoms with van der Waals surface area (Å²) in [4.78, 5) is 6.96. The summed E-state index contributed by atoms with van der Waals surface area (Å²) in [5.41, 5.74) is 17.7. The zero-order chi connectivity index (χ0) is 22.3. The van der Waals surface area contributed by atoms with Gasteiger partial charge in [0.2, 0.25) is 0 Å². The minimum absolute atomic E-state index is 0. The first-order valence-corrected chi connectivity index (χ1v) is 11.1. The van der Waals surface area contributed by atoms with Crippen molar-refractivity contribution in [2.45, 2.75) is 19.8 Å². The van der Waals surface area contributed by atoms with E-state index < -0.39 is 0 Å². The Hall–Kier alpha value is -3.51. The molecule has 0 amide bonds. The predicted molar refractivity (Wildman–Crippen MR) is 136 cm³/mol. The van der Waals surface area contributed by atoms with Gasteiger partial charge in [-0.2, -0.15) is 0 Å². The summed E-state index contributed by atoms with van der Waals surface area (Å²) in [5.74, 6) is 1.14. The van der Waals surface area contributed by atoms with Gasteiger partial charge in [-0.15, -0.1) is 0 Å². The highest BCUT2D eigenvalue weighted by Gasteiger charge is 2.11. The molecule has 1 saturated heterocycles. The van der Waals surface area contributed by atoms with Crippen molar-refractivity contribution in [3.63, 3.8) is 0 Å². The average molecular weight is 432 g/mol. The lowest BCUT2D eigenvalue weighted by molar-refractivity contribution is 0.238. The van der Waals surface area contributed by atoms with Gasteiger partial charge in [-0.3, -0.25) is 4.90 Å². The second-order valence-corrected chi connectivity index (χ2v) is 8.14. The standard InChI is InChI=1S/C26H31N5O.H2/c1-19-17-21(20-7-3-2-4-8-20)18-24(27)25(19)30-26(28)29-22-9-11-23(12-10-22)32-16-15-31-13-5-6-14-31;/h2-4,7-12,17-18H,5-6,13-16,27H2,1H3,(H3,28,29,30);1H. The Morgan fingerprint density at radius 3 is 2.44 bits per heavy atom. The Balaban J connectivity index is 0.00000306.